The van der Waals surface area contributed by atoms with Crippen LogP contribution in [0.25, 0.3) is 0 Å². The van der Waals surface area contributed by atoms with Crippen molar-refractivity contribution in [1.29, 1.82) is 0 Å². The molecule has 0 aromatic carbocycles. The fourth-order valence-corrected chi connectivity index (χ4v) is 3.73. The minimum absolute atomic E-state index is 0. The Hall–Kier alpha value is -0.940. The fraction of sp³-hybridized carbons (Fsp3) is 0.833. The summed E-state index contributed by atoms with van der Waals surface area (Å²) in [5.41, 5.74) is 0. The minimum Gasteiger partial charge on any atom is -0.371 e. The van der Waals surface area contributed by atoms with E-state index >= 15 is 0 Å². The molecule has 154 valence electrons. The Balaban J connectivity index is 0.00000261. The van der Waals surface area contributed by atoms with E-state index in [2.05, 4.69) is 32.2 Å². The lowest BCUT2D eigenvalue weighted by Gasteiger charge is -2.25. The summed E-state index contributed by atoms with van der Waals surface area (Å²) >= 11 is 0. The monoisotopic (exact) mass is 492 g/mol. The maximum Gasteiger partial charge on any atom is 0.248 e. The van der Waals surface area contributed by atoms with Gasteiger partial charge in [0, 0.05) is 32.3 Å². The summed E-state index contributed by atoms with van der Waals surface area (Å²) in [6, 6.07) is 0.656. The smallest absolute Gasteiger partial charge is 0.248 e. The zero-order valence-corrected chi connectivity index (χ0v) is 19.0. The van der Waals surface area contributed by atoms with Crippen LogP contribution in [0, 0.1) is 0 Å². The molecule has 2 atom stereocenters. The third-order valence-corrected chi connectivity index (χ3v) is 5.08. The van der Waals surface area contributed by atoms with Crippen molar-refractivity contribution < 1.29 is 9.26 Å². The van der Waals surface area contributed by atoms with Gasteiger partial charge in [-0.1, -0.05) is 5.16 Å². The molecule has 9 heteroatoms. The highest BCUT2D eigenvalue weighted by Crippen LogP contribution is 2.20. The molecule has 2 unspecified atom stereocenters. The number of aromatic nitrogens is 2. The number of ether oxygens (including phenoxy) is 1. The maximum atomic E-state index is 5.50. The van der Waals surface area contributed by atoms with Crippen LogP contribution in [-0.2, 0) is 11.3 Å². The molecule has 2 aliphatic rings. The first-order chi connectivity index (χ1) is 12.7. The van der Waals surface area contributed by atoms with E-state index in [0.29, 0.717) is 30.9 Å². The summed E-state index contributed by atoms with van der Waals surface area (Å²) < 4.78 is 10.8. The van der Waals surface area contributed by atoms with Crippen LogP contribution in [0.3, 0.4) is 0 Å². The van der Waals surface area contributed by atoms with Crippen LogP contribution < -0.4 is 5.32 Å². The van der Waals surface area contributed by atoms with Gasteiger partial charge in [0.1, 0.15) is 12.6 Å². The van der Waals surface area contributed by atoms with E-state index in [4.69, 9.17) is 14.3 Å². The van der Waals surface area contributed by atoms with Crippen molar-refractivity contribution in [2.45, 2.75) is 58.7 Å². The van der Waals surface area contributed by atoms with Gasteiger partial charge in [0.15, 0.2) is 11.8 Å². The summed E-state index contributed by atoms with van der Waals surface area (Å²) in [7, 11) is 0. The molecule has 2 fully saturated rings. The average Bonchev–Trinajstić information content (AvgIpc) is 3.40. The number of hydrogen-bond donors (Lipinski definition) is 1. The van der Waals surface area contributed by atoms with E-state index < -0.39 is 0 Å². The third kappa shape index (κ3) is 6.02. The van der Waals surface area contributed by atoms with Crippen molar-refractivity contribution in [3.05, 3.63) is 11.7 Å². The van der Waals surface area contributed by atoms with Crippen molar-refractivity contribution in [2.75, 3.05) is 39.3 Å². The molecular weight excluding hydrogens is 459 g/mol. The lowest BCUT2D eigenvalue weighted by Crippen LogP contribution is -2.42. The highest BCUT2D eigenvalue weighted by atomic mass is 127. The van der Waals surface area contributed by atoms with E-state index in [1.807, 2.05) is 13.8 Å². The number of aliphatic imine (C=N–C) groups is 1. The van der Waals surface area contributed by atoms with E-state index in [1.165, 1.54) is 32.4 Å². The molecule has 0 spiro atoms. The normalized spacial score (nSPS) is 22.1. The molecular formula is C18H33IN6O2. The predicted octanol–water partition coefficient (Wildman–Crippen LogP) is 2.42. The van der Waals surface area contributed by atoms with E-state index in [9.17, 15) is 0 Å². The number of rotatable bonds is 7. The predicted molar refractivity (Wildman–Crippen MR) is 115 cm³/mol. The third-order valence-electron chi connectivity index (χ3n) is 5.08. The Kier molecular flexibility index (Phi) is 9.24. The highest BCUT2D eigenvalue weighted by molar-refractivity contribution is 14.0. The largest absolute Gasteiger partial charge is 0.371 e. The van der Waals surface area contributed by atoms with Gasteiger partial charge in [-0.05, 0) is 53.1 Å². The number of hydrogen-bond acceptors (Lipinski definition) is 6. The Labute approximate surface area is 179 Å². The molecule has 3 rings (SSSR count). The lowest BCUT2D eigenvalue weighted by molar-refractivity contribution is 0.0683. The van der Waals surface area contributed by atoms with E-state index in [1.54, 1.807) is 0 Å². The molecule has 0 radical (unpaired) electrons. The lowest BCUT2D eigenvalue weighted by atomic mass is 10.2. The Morgan fingerprint density at radius 2 is 2.11 bits per heavy atom. The Bertz CT molecular complexity index is 590. The van der Waals surface area contributed by atoms with Crippen LogP contribution in [0.15, 0.2) is 9.52 Å². The van der Waals surface area contributed by atoms with Gasteiger partial charge in [-0.15, -0.1) is 24.0 Å². The Morgan fingerprint density at radius 1 is 1.33 bits per heavy atom. The summed E-state index contributed by atoms with van der Waals surface area (Å²) in [5, 5.41) is 7.40. The van der Waals surface area contributed by atoms with Gasteiger partial charge in [0.2, 0.25) is 5.89 Å². The second-order valence-electron chi connectivity index (χ2n) is 6.95. The molecule has 8 nitrogen and oxygen atoms in total. The quantitative estimate of drug-likeness (QED) is 0.356. The van der Waals surface area contributed by atoms with Crippen molar-refractivity contribution in [1.82, 2.24) is 25.3 Å². The first kappa shape index (κ1) is 22.4. The maximum absolute atomic E-state index is 5.50. The summed E-state index contributed by atoms with van der Waals surface area (Å²) in [5.74, 6) is 2.04. The summed E-state index contributed by atoms with van der Waals surface area (Å²) in [6.07, 6.45) is 3.73. The first-order valence-electron chi connectivity index (χ1n) is 9.92. The second-order valence-corrected chi connectivity index (χ2v) is 6.95. The molecule has 0 aliphatic carbocycles. The molecule has 2 aliphatic heterocycles. The van der Waals surface area contributed by atoms with Gasteiger partial charge in [-0.25, -0.2) is 4.99 Å². The number of likely N-dealkylation sites (tertiary alicyclic amines) is 2. The molecule has 1 aromatic rings. The van der Waals surface area contributed by atoms with E-state index in [-0.39, 0.29) is 30.1 Å². The molecule has 2 saturated heterocycles. The molecule has 1 N–H and O–H groups in total. The van der Waals surface area contributed by atoms with Crippen LogP contribution in [0.4, 0.5) is 0 Å². The molecule has 3 heterocycles. The summed E-state index contributed by atoms with van der Waals surface area (Å²) in [4.78, 5) is 14.1. The molecule has 0 saturated carbocycles. The van der Waals surface area contributed by atoms with Crippen LogP contribution >= 0.6 is 24.0 Å². The number of halogens is 1. The topological polar surface area (TPSA) is 79.0 Å². The number of nitrogens with zero attached hydrogens (tertiary/aromatic N) is 5. The number of guanidine groups is 1. The second kappa shape index (κ2) is 11.2. The fourth-order valence-electron chi connectivity index (χ4n) is 3.73. The van der Waals surface area contributed by atoms with Crippen LogP contribution in [0.5, 0.6) is 0 Å². The SMILES string of the molecule is CCNC(=NCc1nc(C(C)OCC)no1)N1CCC(N2CCCC2)C1.I. The van der Waals surface area contributed by atoms with Crippen molar-refractivity contribution in [3.63, 3.8) is 0 Å². The molecule has 27 heavy (non-hydrogen) atoms. The van der Waals surface area contributed by atoms with Crippen molar-refractivity contribution in [2.24, 2.45) is 4.99 Å². The van der Waals surface area contributed by atoms with Gasteiger partial charge in [-0.2, -0.15) is 4.98 Å². The van der Waals surface area contributed by atoms with E-state index in [0.717, 1.165) is 25.6 Å². The number of nitrogens with one attached hydrogen (secondary N) is 1. The first-order valence-corrected chi connectivity index (χ1v) is 9.92. The zero-order chi connectivity index (χ0) is 18.4. The van der Waals surface area contributed by atoms with Gasteiger partial charge >= 0.3 is 0 Å². The highest BCUT2D eigenvalue weighted by Gasteiger charge is 2.30. The molecule has 0 amide bonds. The zero-order valence-electron chi connectivity index (χ0n) is 16.7. The standard InChI is InChI=1S/C18H32N6O2.HI/c1-4-19-18(24-11-8-15(13-24)23-9-6-7-10-23)20-12-16-21-17(22-26-16)14(3)25-5-2;/h14-15H,4-13H2,1-3H3,(H,19,20);1H. The van der Waals surface area contributed by atoms with Crippen molar-refractivity contribution in [3.8, 4) is 0 Å². The van der Waals surface area contributed by atoms with Crippen LogP contribution in [-0.4, -0.2) is 71.3 Å². The Morgan fingerprint density at radius 3 is 2.81 bits per heavy atom. The molecule has 0 bridgehead atoms. The molecule has 1 aromatic heterocycles. The average molecular weight is 492 g/mol. The van der Waals surface area contributed by atoms with Gasteiger partial charge in [0.05, 0.1) is 0 Å². The van der Waals surface area contributed by atoms with Gasteiger partial charge in [0.25, 0.3) is 0 Å². The van der Waals surface area contributed by atoms with Crippen LogP contribution in [0.2, 0.25) is 0 Å². The van der Waals surface area contributed by atoms with Gasteiger partial charge in [-0.3, -0.25) is 4.90 Å². The summed E-state index contributed by atoms with van der Waals surface area (Å²) in [6.45, 7) is 12.4. The minimum atomic E-state index is -0.158. The van der Waals surface area contributed by atoms with Crippen LogP contribution in [0.1, 0.15) is 57.9 Å². The van der Waals surface area contributed by atoms with Gasteiger partial charge < -0.3 is 19.5 Å². The van der Waals surface area contributed by atoms with Crippen molar-refractivity contribution >= 4 is 29.9 Å².